The number of aromatic amines is 1. The number of rotatable bonds is 5. The third kappa shape index (κ3) is 2.86. The van der Waals surface area contributed by atoms with Crippen molar-refractivity contribution in [3.63, 3.8) is 0 Å². The Bertz CT molecular complexity index is 644. The fourth-order valence-electron chi connectivity index (χ4n) is 3.34. The van der Waals surface area contributed by atoms with Crippen molar-refractivity contribution in [3.8, 4) is 0 Å². The standard InChI is InChI=1S/C15H24N4O2S/c1-8(2)19-12(17-18-14(19)22)7-16-13(21)11-6-10(9(3)20)15(11,4)5/h8,10-11H,6-7H2,1-5H3,(H,16,21)(H,18,22)/t10-,11+/m0/s1. The summed E-state index contributed by atoms with van der Waals surface area (Å²) >= 11 is 5.19. The van der Waals surface area contributed by atoms with Gasteiger partial charge in [0.1, 0.15) is 5.78 Å². The van der Waals surface area contributed by atoms with Crippen LogP contribution in [0.15, 0.2) is 0 Å². The molecule has 1 fully saturated rings. The lowest BCUT2D eigenvalue weighted by atomic mass is 9.53. The molecular formula is C15H24N4O2S. The minimum absolute atomic E-state index is 0.0199. The number of nitrogens with one attached hydrogen (secondary N) is 2. The maximum absolute atomic E-state index is 12.4. The minimum Gasteiger partial charge on any atom is -0.349 e. The van der Waals surface area contributed by atoms with Gasteiger partial charge in [-0.1, -0.05) is 13.8 Å². The van der Waals surface area contributed by atoms with Gasteiger partial charge in [-0.3, -0.25) is 14.7 Å². The molecule has 0 aliphatic heterocycles. The van der Waals surface area contributed by atoms with Crippen molar-refractivity contribution in [1.82, 2.24) is 20.1 Å². The Balaban J connectivity index is 2.01. The van der Waals surface area contributed by atoms with E-state index in [0.717, 1.165) is 0 Å². The van der Waals surface area contributed by atoms with E-state index in [1.807, 2.05) is 32.3 Å². The second-order valence-electron chi connectivity index (χ2n) is 6.90. The van der Waals surface area contributed by atoms with Gasteiger partial charge in [0.25, 0.3) is 0 Å². The number of carbonyl (C=O) groups excluding carboxylic acids is 2. The molecule has 1 aliphatic carbocycles. The predicted molar refractivity (Wildman–Crippen MR) is 85.7 cm³/mol. The molecule has 1 saturated carbocycles. The van der Waals surface area contributed by atoms with Crippen LogP contribution in [-0.4, -0.2) is 26.5 Å². The van der Waals surface area contributed by atoms with Gasteiger partial charge >= 0.3 is 0 Å². The maximum atomic E-state index is 12.4. The predicted octanol–water partition coefficient (Wildman–Crippen LogP) is 2.39. The maximum Gasteiger partial charge on any atom is 0.224 e. The van der Waals surface area contributed by atoms with Crippen molar-refractivity contribution < 1.29 is 9.59 Å². The fourth-order valence-corrected chi connectivity index (χ4v) is 3.71. The molecular weight excluding hydrogens is 300 g/mol. The second-order valence-corrected chi connectivity index (χ2v) is 7.29. The number of aromatic nitrogens is 3. The summed E-state index contributed by atoms with van der Waals surface area (Å²) in [5.41, 5.74) is -0.279. The molecule has 22 heavy (non-hydrogen) atoms. The van der Waals surface area contributed by atoms with Crippen LogP contribution in [0.5, 0.6) is 0 Å². The van der Waals surface area contributed by atoms with Gasteiger partial charge in [0.2, 0.25) is 5.91 Å². The van der Waals surface area contributed by atoms with Gasteiger partial charge in [-0.05, 0) is 44.8 Å². The first-order valence-corrected chi connectivity index (χ1v) is 8.01. The van der Waals surface area contributed by atoms with Crippen molar-refractivity contribution in [1.29, 1.82) is 0 Å². The first kappa shape index (κ1) is 16.9. The smallest absolute Gasteiger partial charge is 0.224 e. The highest BCUT2D eigenvalue weighted by atomic mass is 32.1. The molecule has 1 aromatic heterocycles. The third-order valence-corrected chi connectivity index (χ3v) is 5.08. The summed E-state index contributed by atoms with van der Waals surface area (Å²) in [4.78, 5) is 23.9. The lowest BCUT2D eigenvalue weighted by Gasteiger charge is -2.49. The monoisotopic (exact) mass is 324 g/mol. The molecule has 0 aromatic carbocycles. The summed E-state index contributed by atoms with van der Waals surface area (Å²) < 4.78 is 2.44. The lowest BCUT2D eigenvalue weighted by Crippen LogP contribution is -2.54. The number of H-pyrrole nitrogens is 1. The van der Waals surface area contributed by atoms with E-state index in [1.165, 1.54) is 0 Å². The largest absolute Gasteiger partial charge is 0.349 e. The van der Waals surface area contributed by atoms with Crippen LogP contribution >= 0.6 is 12.2 Å². The van der Waals surface area contributed by atoms with Crippen LogP contribution < -0.4 is 5.32 Å². The molecule has 122 valence electrons. The first-order valence-electron chi connectivity index (χ1n) is 7.60. The molecule has 0 bridgehead atoms. The van der Waals surface area contributed by atoms with Crippen LogP contribution in [0, 0.1) is 22.0 Å². The number of amides is 1. The van der Waals surface area contributed by atoms with Crippen LogP contribution in [0.3, 0.4) is 0 Å². The highest BCUT2D eigenvalue weighted by Gasteiger charge is 2.53. The Kier molecular flexibility index (Phi) is 4.56. The lowest BCUT2D eigenvalue weighted by molar-refractivity contribution is -0.148. The summed E-state index contributed by atoms with van der Waals surface area (Å²) in [5, 5.41) is 9.85. The quantitative estimate of drug-likeness (QED) is 0.815. The molecule has 0 radical (unpaired) electrons. The van der Waals surface area contributed by atoms with E-state index < -0.39 is 0 Å². The van der Waals surface area contributed by atoms with Crippen LogP contribution in [0.2, 0.25) is 0 Å². The highest BCUT2D eigenvalue weighted by molar-refractivity contribution is 7.71. The molecule has 0 saturated heterocycles. The summed E-state index contributed by atoms with van der Waals surface area (Å²) in [6.45, 7) is 9.93. The van der Waals surface area contributed by atoms with E-state index in [-0.39, 0.29) is 35.0 Å². The summed E-state index contributed by atoms with van der Waals surface area (Å²) in [7, 11) is 0. The van der Waals surface area contributed by atoms with Crippen molar-refractivity contribution in [2.75, 3.05) is 0 Å². The van der Waals surface area contributed by atoms with E-state index in [9.17, 15) is 9.59 Å². The number of hydrogen-bond donors (Lipinski definition) is 2. The summed E-state index contributed by atoms with van der Waals surface area (Å²) in [6, 6.07) is 0.181. The average molecular weight is 324 g/mol. The second kappa shape index (κ2) is 5.95. The van der Waals surface area contributed by atoms with E-state index in [0.29, 0.717) is 23.6 Å². The van der Waals surface area contributed by atoms with E-state index >= 15 is 0 Å². The molecule has 1 aliphatic rings. The van der Waals surface area contributed by atoms with Crippen LogP contribution in [-0.2, 0) is 16.1 Å². The molecule has 2 atom stereocenters. The molecule has 1 aromatic rings. The Morgan fingerprint density at radius 2 is 2.09 bits per heavy atom. The third-order valence-electron chi connectivity index (χ3n) is 4.79. The summed E-state index contributed by atoms with van der Waals surface area (Å²) in [5.74, 6) is 0.708. The van der Waals surface area contributed by atoms with Gasteiger partial charge < -0.3 is 9.88 Å². The van der Waals surface area contributed by atoms with Crippen LogP contribution in [0.25, 0.3) is 0 Å². The molecule has 7 heteroatoms. The molecule has 0 spiro atoms. The number of ketones is 1. The molecule has 2 N–H and O–H groups in total. The molecule has 0 unspecified atom stereocenters. The zero-order chi connectivity index (χ0) is 16.7. The van der Waals surface area contributed by atoms with Crippen molar-refractivity contribution in [3.05, 3.63) is 10.6 Å². The first-order chi connectivity index (χ1) is 10.2. The molecule has 1 amide bonds. The Morgan fingerprint density at radius 3 is 2.59 bits per heavy atom. The number of carbonyl (C=O) groups is 2. The van der Waals surface area contributed by atoms with Gasteiger partial charge in [-0.2, -0.15) is 5.10 Å². The Hall–Kier alpha value is -1.50. The van der Waals surface area contributed by atoms with E-state index in [4.69, 9.17) is 12.2 Å². The highest BCUT2D eigenvalue weighted by Crippen LogP contribution is 2.51. The van der Waals surface area contributed by atoms with Gasteiger partial charge in [0, 0.05) is 17.9 Å². The number of nitrogens with zero attached hydrogens (tertiary/aromatic N) is 2. The molecule has 2 rings (SSSR count). The van der Waals surface area contributed by atoms with Crippen molar-refractivity contribution >= 4 is 23.9 Å². The Morgan fingerprint density at radius 1 is 1.45 bits per heavy atom. The molecule has 1 heterocycles. The average Bonchev–Trinajstić information content (AvgIpc) is 2.75. The topological polar surface area (TPSA) is 79.8 Å². The number of Topliss-reactive ketones (excluding diaryl/α,β-unsaturated/α-hetero) is 1. The van der Waals surface area contributed by atoms with Crippen LogP contribution in [0.4, 0.5) is 0 Å². The summed E-state index contributed by atoms with van der Waals surface area (Å²) in [6.07, 6.45) is 0.630. The number of hydrogen-bond acceptors (Lipinski definition) is 4. The van der Waals surface area contributed by atoms with E-state index in [2.05, 4.69) is 15.5 Å². The molecule has 6 nitrogen and oxygen atoms in total. The van der Waals surface area contributed by atoms with Crippen LogP contribution in [0.1, 0.15) is 52.9 Å². The zero-order valence-corrected chi connectivity index (χ0v) is 14.6. The van der Waals surface area contributed by atoms with Gasteiger partial charge in [-0.25, -0.2) is 0 Å². The fraction of sp³-hybridized carbons (Fsp3) is 0.733. The van der Waals surface area contributed by atoms with Gasteiger partial charge in [-0.15, -0.1) is 0 Å². The normalized spacial score (nSPS) is 23.2. The van der Waals surface area contributed by atoms with E-state index in [1.54, 1.807) is 6.92 Å². The van der Waals surface area contributed by atoms with Crippen molar-refractivity contribution in [2.45, 2.75) is 53.6 Å². The SMILES string of the molecule is CC(=O)[C@@H]1C[C@H](C(=O)NCc2n[nH]c(=S)n2C(C)C)C1(C)C. The minimum atomic E-state index is -0.279. The zero-order valence-electron chi connectivity index (χ0n) is 13.8. The van der Waals surface area contributed by atoms with Gasteiger partial charge in [0.05, 0.1) is 6.54 Å². The van der Waals surface area contributed by atoms with Gasteiger partial charge in [0.15, 0.2) is 10.6 Å². The van der Waals surface area contributed by atoms with Crippen molar-refractivity contribution in [2.24, 2.45) is 17.3 Å². The Labute approximate surface area is 135 Å².